The molecule has 0 aromatic rings. The van der Waals surface area contributed by atoms with Gasteiger partial charge in [-0.2, -0.15) is 0 Å². The van der Waals surface area contributed by atoms with Gasteiger partial charge in [0.1, 0.15) is 0 Å². The topological polar surface area (TPSA) is 32.3 Å². The molecular formula is C16H30N2O. The normalized spacial score (nSPS) is 29.5. The molecule has 2 aliphatic heterocycles. The van der Waals surface area contributed by atoms with Crippen LogP contribution in [0.15, 0.2) is 0 Å². The minimum Gasteiger partial charge on any atom is -0.342 e. The summed E-state index contributed by atoms with van der Waals surface area (Å²) in [6.07, 6.45) is 7.07. The van der Waals surface area contributed by atoms with Crippen molar-refractivity contribution in [3.63, 3.8) is 0 Å². The van der Waals surface area contributed by atoms with E-state index in [0.29, 0.717) is 17.7 Å². The van der Waals surface area contributed by atoms with Crippen molar-refractivity contribution in [1.29, 1.82) is 0 Å². The molecule has 3 atom stereocenters. The Morgan fingerprint density at radius 3 is 2.95 bits per heavy atom. The van der Waals surface area contributed by atoms with E-state index >= 15 is 0 Å². The first kappa shape index (κ1) is 14.8. The summed E-state index contributed by atoms with van der Waals surface area (Å²) in [6.45, 7) is 8.77. The Morgan fingerprint density at radius 2 is 2.26 bits per heavy atom. The molecule has 19 heavy (non-hydrogen) atoms. The molecule has 2 aliphatic rings. The Balaban J connectivity index is 1.74. The number of likely N-dealkylation sites (tertiary alicyclic amines) is 1. The van der Waals surface area contributed by atoms with E-state index in [0.717, 1.165) is 38.5 Å². The van der Waals surface area contributed by atoms with Gasteiger partial charge in [-0.15, -0.1) is 0 Å². The first-order valence-electron chi connectivity index (χ1n) is 8.19. The van der Waals surface area contributed by atoms with E-state index in [-0.39, 0.29) is 0 Å². The lowest BCUT2D eigenvalue weighted by Gasteiger charge is -2.29. The van der Waals surface area contributed by atoms with E-state index < -0.39 is 0 Å². The average molecular weight is 266 g/mol. The first-order valence-corrected chi connectivity index (χ1v) is 8.19. The largest absolute Gasteiger partial charge is 0.342 e. The highest BCUT2D eigenvalue weighted by molar-refractivity contribution is 5.76. The maximum atomic E-state index is 12.4. The zero-order valence-electron chi connectivity index (χ0n) is 12.7. The van der Waals surface area contributed by atoms with Crippen LogP contribution >= 0.6 is 0 Å². The van der Waals surface area contributed by atoms with Crippen molar-refractivity contribution >= 4 is 5.91 Å². The van der Waals surface area contributed by atoms with Crippen LogP contribution in [0.3, 0.4) is 0 Å². The molecule has 3 heteroatoms. The Labute approximate surface area is 118 Å². The quantitative estimate of drug-likeness (QED) is 0.829. The Hall–Kier alpha value is -0.570. The molecule has 3 unspecified atom stereocenters. The third kappa shape index (κ3) is 4.20. The predicted octanol–water partition coefficient (Wildman–Crippen LogP) is 2.66. The number of hydrogen-bond donors (Lipinski definition) is 1. The first-order chi connectivity index (χ1) is 9.20. The third-order valence-electron chi connectivity index (χ3n) is 4.97. The van der Waals surface area contributed by atoms with Crippen molar-refractivity contribution in [3.05, 3.63) is 0 Å². The molecule has 0 aromatic carbocycles. The van der Waals surface area contributed by atoms with Crippen molar-refractivity contribution in [2.24, 2.45) is 17.8 Å². The second-order valence-corrected chi connectivity index (χ2v) is 6.57. The van der Waals surface area contributed by atoms with Crippen molar-refractivity contribution in [1.82, 2.24) is 10.2 Å². The fourth-order valence-corrected chi connectivity index (χ4v) is 3.64. The molecule has 1 N–H and O–H groups in total. The van der Waals surface area contributed by atoms with E-state index in [2.05, 4.69) is 24.1 Å². The molecule has 1 amide bonds. The molecular weight excluding hydrogens is 236 g/mol. The zero-order valence-corrected chi connectivity index (χ0v) is 12.7. The van der Waals surface area contributed by atoms with Crippen LogP contribution < -0.4 is 5.32 Å². The molecule has 2 heterocycles. The molecule has 110 valence electrons. The van der Waals surface area contributed by atoms with Crippen LogP contribution in [0.1, 0.15) is 52.4 Å². The average Bonchev–Trinajstić information content (AvgIpc) is 2.89. The third-order valence-corrected chi connectivity index (χ3v) is 4.97. The van der Waals surface area contributed by atoms with Gasteiger partial charge in [-0.05, 0) is 56.5 Å². The van der Waals surface area contributed by atoms with Crippen molar-refractivity contribution < 1.29 is 4.79 Å². The van der Waals surface area contributed by atoms with Gasteiger partial charge in [0.25, 0.3) is 0 Å². The van der Waals surface area contributed by atoms with Crippen LogP contribution in [-0.2, 0) is 4.79 Å². The molecule has 0 bridgehead atoms. The molecule has 2 saturated heterocycles. The van der Waals surface area contributed by atoms with Gasteiger partial charge in [0.05, 0.1) is 0 Å². The SMILES string of the molecule is CCCC1CCN(C(=O)CC(C)C2CCCNC2)C1. The van der Waals surface area contributed by atoms with Gasteiger partial charge >= 0.3 is 0 Å². The highest BCUT2D eigenvalue weighted by Crippen LogP contribution is 2.26. The summed E-state index contributed by atoms with van der Waals surface area (Å²) in [5, 5.41) is 3.46. The van der Waals surface area contributed by atoms with E-state index in [1.807, 2.05) is 0 Å². The van der Waals surface area contributed by atoms with Gasteiger partial charge < -0.3 is 10.2 Å². The second kappa shape index (κ2) is 7.28. The highest BCUT2D eigenvalue weighted by Gasteiger charge is 2.28. The Kier molecular flexibility index (Phi) is 5.68. The minimum absolute atomic E-state index is 0.400. The molecule has 2 rings (SSSR count). The minimum atomic E-state index is 0.400. The van der Waals surface area contributed by atoms with Crippen LogP contribution in [0.5, 0.6) is 0 Å². The maximum absolute atomic E-state index is 12.4. The van der Waals surface area contributed by atoms with Crippen molar-refractivity contribution in [2.75, 3.05) is 26.2 Å². The van der Waals surface area contributed by atoms with Crippen molar-refractivity contribution in [2.45, 2.75) is 52.4 Å². The molecule has 0 saturated carbocycles. The lowest BCUT2D eigenvalue weighted by atomic mass is 9.85. The van der Waals surface area contributed by atoms with E-state index in [1.165, 1.54) is 32.1 Å². The second-order valence-electron chi connectivity index (χ2n) is 6.57. The maximum Gasteiger partial charge on any atom is 0.222 e. The van der Waals surface area contributed by atoms with Crippen LogP contribution in [-0.4, -0.2) is 37.0 Å². The van der Waals surface area contributed by atoms with Crippen LogP contribution in [0.25, 0.3) is 0 Å². The zero-order chi connectivity index (χ0) is 13.7. The number of carbonyl (C=O) groups is 1. The summed E-state index contributed by atoms with van der Waals surface area (Å²) in [7, 11) is 0. The molecule has 0 spiro atoms. The van der Waals surface area contributed by atoms with Crippen LogP contribution in [0.2, 0.25) is 0 Å². The number of piperidine rings is 1. The number of nitrogens with one attached hydrogen (secondary N) is 1. The smallest absolute Gasteiger partial charge is 0.222 e. The monoisotopic (exact) mass is 266 g/mol. The molecule has 0 aromatic heterocycles. The Bertz CT molecular complexity index is 286. The van der Waals surface area contributed by atoms with E-state index in [9.17, 15) is 4.79 Å². The predicted molar refractivity (Wildman–Crippen MR) is 79.0 cm³/mol. The van der Waals surface area contributed by atoms with Gasteiger partial charge in [0.2, 0.25) is 5.91 Å². The number of nitrogens with zero attached hydrogens (tertiary/aromatic N) is 1. The van der Waals surface area contributed by atoms with E-state index in [1.54, 1.807) is 0 Å². The van der Waals surface area contributed by atoms with Gasteiger partial charge in [-0.25, -0.2) is 0 Å². The number of rotatable bonds is 5. The van der Waals surface area contributed by atoms with Crippen molar-refractivity contribution in [3.8, 4) is 0 Å². The molecule has 3 nitrogen and oxygen atoms in total. The summed E-state index contributed by atoms with van der Waals surface area (Å²) in [5.41, 5.74) is 0. The van der Waals surface area contributed by atoms with E-state index in [4.69, 9.17) is 0 Å². The standard InChI is InChI=1S/C16H30N2O/c1-3-5-14-7-9-18(12-14)16(19)10-13(2)15-6-4-8-17-11-15/h13-15,17H,3-12H2,1-2H3. The lowest BCUT2D eigenvalue weighted by Crippen LogP contribution is -2.36. The molecule has 2 fully saturated rings. The Morgan fingerprint density at radius 1 is 1.42 bits per heavy atom. The molecule has 0 radical (unpaired) electrons. The fourth-order valence-electron chi connectivity index (χ4n) is 3.64. The summed E-state index contributed by atoms with van der Waals surface area (Å²) in [6, 6.07) is 0. The van der Waals surface area contributed by atoms with Gasteiger partial charge in [-0.3, -0.25) is 4.79 Å². The number of hydrogen-bond acceptors (Lipinski definition) is 2. The summed E-state index contributed by atoms with van der Waals surface area (Å²) in [5.74, 6) is 2.40. The fraction of sp³-hybridized carbons (Fsp3) is 0.938. The van der Waals surface area contributed by atoms with Gasteiger partial charge in [-0.1, -0.05) is 20.3 Å². The van der Waals surface area contributed by atoms with Crippen LogP contribution in [0.4, 0.5) is 0 Å². The number of carbonyl (C=O) groups excluding carboxylic acids is 1. The summed E-state index contributed by atoms with van der Waals surface area (Å²) >= 11 is 0. The van der Waals surface area contributed by atoms with Gasteiger partial charge in [0.15, 0.2) is 0 Å². The number of amides is 1. The summed E-state index contributed by atoms with van der Waals surface area (Å²) < 4.78 is 0. The lowest BCUT2D eigenvalue weighted by molar-refractivity contribution is -0.131. The highest BCUT2D eigenvalue weighted by atomic mass is 16.2. The molecule has 0 aliphatic carbocycles. The van der Waals surface area contributed by atoms with Crippen LogP contribution in [0, 0.1) is 17.8 Å². The van der Waals surface area contributed by atoms with Gasteiger partial charge in [0, 0.05) is 19.5 Å². The summed E-state index contributed by atoms with van der Waals surface area (Å²) in [4.78, 5) is 14.5.